The van der Waals surface area contributed by atoms with Crippen LogP contribution >= 0.6 is 0 Å². The van der Waals surface area contributed by atoms with Crippen LogP contribution in [-0.4, -0.2) is 36.6 Å². The summed E-state index contributed by atoms with van der Waals surface area (Å²) in [6, 6.07) is 1.54. The molecular formula is C9H20N2. The van der Waals surface area contributed by atoms with Crippen molar-refractivity contribution in [3.63, 3.8) is 0 Å². The molecule has 0 spiro atoms. The Morgan fingerprint density at radius 2 is 2.27 bits per heavy atom. The summed E-state index contributed by atoms with van der Waals surface area (Å²) in [7, 11) is 0. The fraction of sp³-hybridized carbons (Fsp3) is 1.00. The number of likely N-dealkylation sites (N-methyl/N-ethyl adjacent to an activating group) is 1. The molecule has 0 amide bonds. The minimum atomic E-state index is 0.729. The standard InChI is InChI=1S/C9H20N2/c1-4-10-7-9-5-6-11(9)8(2)3/h8-10H,4-7H2,1-3H3. The lowest BCUT2D eigenvalue weighted by Gasteiger charge is -2.44. The normalized spacial score (nSPS) is 25.6. The summed E-state index contributed by atoms with van der Waals surface area (Å²) in [5, 5.41) is 3.39. The molecule has 0 bridgehead atoms. The van der Waals surface area contributed by atoms with Crippen molar-refractivity contribution in [2.24, 2.45) is 0 Å². The van der Waals surface area contributed by atoms with Crippen molar-refractivity contribution in [1.29, 1.82) is 0 Å². The van der Waals surface area contributed by atoms with E-state index in [-0.39, 0.29) is 0 Å². The first-order valence-electron chi connectivity index (χ1n) is 4.72. The lowest BCUT2D eigenvalue weighted by Crippen LogP contribution is -2.55. The summed E-state index contributed by atoms with van der Waals surface area (Å²) in [5.74, 6) is 0. The van der Waals surface area contributed by atoms with E-state index in [9.17, 15) is 0 Å². The van der Waals surface area contributed by atoms with Gasteiger partial charge in [-0.2, -0.15) is 0 Å². The highest BCUT2D eigenvalue weighted by molar-refractivity contribution is 4.86. The van der Waals surface area contributed by atoms with Crippen LogP contribution in [0.2, 0.25) is 0 Å². The molecule has 1 unspecified atom stereocenters. The molecule has 0 aromatic rings. The smallest absolute Gasteiger partial charge is 0.0235 e. The molecular weight excluding hydrogens is 136 g/mol. The van der Waals surface area contributed by atoms with Gasteiger partial charge in [0.25, 0.3) is 0 Å². The molecule has 1 rings (SSSR count). The second-order valence-electron chi connectivity index (χ2n) is 3.58. The van der Waals surface area contributed by atoms with E-state index in [1.54, 1.807) is 0 Å². The molecule has 0 radical (unpaired) electrons. The van der Waals surface area contributed by atoms with Gasteiger partial charge in [-0.15, -0.1) is 0 Å². The Kier molecular flexibility index (Phi) is 3.34. The fourth-order valence-electron chi connectivity index (χ4n) is 1.67. The van der Waals surface area contributed by atoms with E-state index in [1.807, 2.05) is 0 Å². The van der Waals surface area contributed by atoms with Crippen LogP contribution in [0.1, 0.15) is 27.2 Å². The minimum absolute atomic E-state index is 0.729. The van der Waals surface area contributed by atoms with E-state index in [4.69, 9.17) is 0 Å². The van der Waals surface area contributed by atoms with Crippen LogP contribution in [0.3, 0.4) is 0 Å². The van der Waals surface area contributed by atoms with Crippen LogP contribution in [0.5, 0.6) is 0 Å². The lowest BCUT2D eigenvalue weighted by molar-refractivity contribution is 0.0569. The largest absolute Gasteiger partial charge is 0.315 e. The maximum absolute atomic E-state index is 3.39. The molecule has 2 nitrogen and oxygen atoms in total. The lowest BCUT2D eigenvalue weighted by atomic mass is 10.0. The van der Waals surface area contributed by atoms with Gasteiger partial charge in [0.15, 0.2) is 0 Å². The third-order valence-corrected chi connectivity index (χ3v) is 2.48. The average molecular weight is 156 g/mol. The molecule has 1 heterocycles. The fourth-order valence-corrected chi connectivity index (χ4v) is 1.67. The molecule has 1 N–H and O–H groups in total. The van der Waals surface area contributed by atoms with Crippen molar-refractivity contribution >= 4 is 0 Å². The molecule has 1 aliphatic heterocycles. The van der Waals surface area contributed by atoms with Crippen LogP contribution in [-0.2, 0) is 0 Å². The number of hydrogen-bond acceptors (Lipinski definition) is 2. The highest BCUT2D eigenvalue weighted by atomic mass is 15.2. The summed E-state index contributed by atoms with van der Waals surface area (Å²) in [4.78, 5) is 2.56. The maximum Gasteiger partial charge on any atom is 0.0235 e. The number of rotatable bonds is 4. The molecule has 1 fully saturated rings. The monoisotopic (exact) mass is 156 g/mol. The number of likely N-dealkylation sites (tertiary alicyclic amines) is 1. The van der Waals surface area contributed by atoms with Crippen molar-refractivity contribution in [2.45, 2.75) is 39.3 Å². The quantitative estimate of drug-likeness (QED) is 0.655. The zero-order chi connectivity index (χ0) is 8.27. The number of nitrogens with zero attached hydrogens (tertiary/aromatic N) is 1. The molecule has 11 heavy (non-hydrogen) atoms. The Labute approximate surface area is 70.0 Å². The van der Waals surface area contributed by atoms with E-state index >= 15 is 0 Å². The van der Waals surface area contributed by atoms with Gasteiger partial charge < -0.3 is 5.32 Å². The Bertz CT molecular complexity index is 112. The van der Waals surface area contributed by atoms with Crippen molar-refractivity contribution in [1.82, 2.24) is 10.2 Å². The van der Waals surface area contributed by atoms with Gasteiger partial charge in [0.1, 0.15) is 0 Å². The minimum Gasteiger partial charge on any atom is -0.315 e. The topological polar surface area (TPSA) is 15.3 Å². The molecule has 1 saturated heterocycles. The Hall–Kier alpha value is -0.0800. The van der Waals surface area contributed by atoms with Crippen molar-refractivity contribution in [3.05, 3.63) is 0 Å². The van der Waals surface area contributed by atoms with Crippen molar-refractivity contribution < 1.29 is 0 Å². The van der Waals surface area contributed by atoms with Gasteiger partial charge in [0, 0.05) is 25.2 Å². The van der Waals surface area contributed by atoms with E-state index in [0.717, 1.165) is 18.6 Å². The van der Waals surface area contributed by atoms with Gasteiger partial charge >= 0.3 is 0 Å². The van der Waals surface area contributed by atoms with Crippen LogP contribution in [0.4, 0.5) is 0 Å². The Morgan fingerprint density at radius 3 is 2.64 bits per heavy atom. The predicted octanol–water partition coefficient (Wildman–Crippen LogP) is 1.08. The first-order chi connectivity index (χ1) is 5.25. The third-order valence-electron chi connectivity index (χ3n) is 2.48. The summed E-state index contributed by atoms with van der Waals surface area (Å²) in [5.41, 5.74) is 0. The van der Waals surface area contributed by atoms with Gasteiger partial charge in [-0.3, -0.25) is 4.90 Å². The molecule has 2 heteroatoms. The summed E-state index contributed by atoms with van der Waals surface area (Å²) in [6.45, 7) is 10.3. The van der Waals surface area contributed by atoms with Gasteiger partial charge in [-0.1, -0.05) is 6.92 Å². The SMILES string of the molecule is CCNCC1CCN1C(C)C. The summed E-state index contributed by atoms with van der Waals surface area (Å²) >= 11 is 0. The van der Waals surface area contributed by atoms with Gasteiger partial charge in [-0.25, -0.2) is 0 Å². The molecule has 0 saturated carbocycles. The van der Waals surface area contributed by atoms with Gasteiger partial charge in [0.2, 0.25) is 0 Å². The van der Waals surface area contributed by atoms with Crippen LogP contribution < -0.4 is 5.32 Å². The second-order valence-corrected chi connectivity index (χ2v) is 3.58. The van der Waals surface area contributed by atoms with Crippen molar-refractivity contribution in [2.75, 3.05) is 19.6 Å². The molecule has 0 aromatic heterocycles. The molecule has 1 aliphatic rings. The highest BCUT2D eigenvalue weighted by Gasteiger charge is 2.28. The number of hydrogen-bond donors (Lipinski definition) is 1. The third kappa shape index (κ3) is 2.17. The Balaban J connectivity index is 2.15. The molecule has 0 aromatic carbocycles. The van der Waals surface area contributed by atoms with E-state index in [2.05, 4.69) is 31.0 Å². The molecule has 66 valence electrons. The zero-order valence-electron chi connectivity index (χ0n) is 7.93. The zero-order valence-corrected chi connectivity index (χ0v) is 7.93. The van der Waals surface area contributed by atoms with Gasteiger partial charge in [-0.05, 0) is 26.8 Å². The van der Waals surface area contributed by atoms with E-state index in [0.29, 0.717) is 0 Å². The summed E-state index contributed by atoms with van der Waals surface area (Å²) < 4.78 is 0. The molecule has 1 atom stereocenters. The predicted molar refractivity (Wildman–Crippen MR) is 48.8 cm³/mol. The maximum atomic E-state index is 3.39. The van der Waals surface area contributed by atoms with E-state index in [1.165, 1.54) is 19.5 Å². The Morgan fingerprint density at radius 1 is 1.55 bits per heavy atom. The van der Waals surface area contributed by atoms with Crippen LogP contribution in [0.25, 0.3) is 0 Å². The van der Waals surface area contributed by atoms with Crippen molar-refractivity contribution in [3.8, 4) is 0 Å². The highest BCUT2D eigenvalue weighted by Crippen LogP contribution is 2.19. The summed E-state index contributed by atoms with van der Waals surface area (Å²) in [6.07, 6.45) is 1.38. The first kappa shape index (κ1) is 9.01. The number of nitrogens with one attached hydrogen (secondary N) is 1. The van der Waals surface area contributed by atoms with Crippen LogP contribution in [0.15, 0.2) is 0 Å². The van der Waals surface area contributed by atoms with Gasteiger partial charge in [0.05, 0.1) is 0 Å². The van der Waals surface area contributed by atoms with E-state index < -0.39 is 0 Å². The van der Waals surface area contributed by atoms with Crippen LogP contribution in [0, 0.1) is 0 Å². The molecule has 0 aliphatic carbocycles. The second kappa shape index (κ2) is 4.07. The average Bonchev–Trinajstić information content (AvgIpc) is 1.84. The first-order valence-corrected chi connectivity index (χ1v) is 4.72.